The van der Waals surface area contributed by atoms with Crippen molar-refractivity contribution in [3.8, 4) is 11.4 Å². The van der Waals surface area contributed by atoms with Crippen molar-refractivity contribution in [2.75, 3.05) is 5.32 Å². The standard InChI is InChI=1S/C20H20FN7/c21-17-8-4-3-7-16(17)20-24-23-19-10-9-18(26-28(19)20)22-13-14-11-12-27(25-14)15-5-1-2-6-15/h3-4,7-12,15H,1-2,5-6,13H2,(H,22,26). The summed E-state index contributed by atoms with van der Waals surface area (Å²) in [6.07, 6.45) is 7.04. The van der Waals surface area contributed by atoms with Crippen molar-refractivity contribution in [1.29, 1.82) is 0 Å². The molecule has 5 rings (SSSR count). The van der Waals surface area contributed by atoms with Crippen molar-refractivity contribution in [3.63, 3.8) is 0 Å². The van der Waals surface area contributed by atoms with Gasteiger partial charge in [-0.3, -0.25) is 4.68 Å². The quantitative estimate of drug-likeness (QED) is 0.572. The summed E-state index contributed by atoms with van der Waals surface area (Å²) in [5.74, 6) is 0.678. The Balaban J connectivity index is 1.37. The molecule has 4 aromatic rings. The highest BCUT2D eigenvalue weighted by Crippen LogP contribution is 2.28. The Bertz CT molecular complexity index is 1110. The largest absolute Gasteiger partial charge is 0.363 e. The van der Waals surface area contributed by atoms with Gasteiger partial charge in [-0.15, -0.1) is 15.3 Å². The molecule has 0 radical (unpaired) electrons. The van der Waals surface area contributed by atoms with E-state index in [1.54, 1.807) is 22.7 Å². The average Bonchev–Trinajstić information content (AvgIpc) is 3.46. The predicted molar refractivity (Wildman–Crippen MR) is 103 cm³/mol. The fourth-order valence-corrected chi connectivity index (χ4v) is 3.72. The Hall–Kier alpha value is -3.29. The zero-order chi connectivity index (χ0) is 18.9. The summed E-state index contributed by atoms with van der Waals surface area (Å²) in [4.78, 5) is 0. The minimum atomic E-state index is -0.352. The predicted octanol–water partition coefficient (Wildman–Crippen LogP) is 3.85. The molecule has 1 saturated carbocycles. The van der Waals surface area contributed by atoms with Crippen molar-refractivity contribution in [3.05, 3.63) is 60.2 Å². The molecule has 8 heteroatoms. The molecule has 0 spiro atoms. The van der Waals surface area contributed by atoms with Crippen LogP contribution in [0.5, 0.6) is 0 Å². The minimum Gasteiger partial charge on any atom is -0.363 e. The molecule has 142 valence electrons. The van der Waals surface area contributed by atoms with E-state index < -0.39 is 0 Å². The Labute approximate surface area is 161 Å². The van der Waals surface area contributed by atoms with Crippen LogP contribution in [-0.2, 0) is 6.54 Å². The third kappa shape index (κ3) is 3.11. The van der Waals surface area contributed by atoms with E-state index in [1.165, 1.54) is 31.7 Å². The zero-order valence-corrected chi connectivity index (χ0v) is 15.3. The Kier molecular flexibility index (Phi) is 4.23. The first-order valence-corrected chi connectivity index (χ1v) is 9.53. The number of fused-ring (bicyclic) bond motifs is 1. The van der Waals surface area contributed by atoms with Gasteiger partial charge in [-0.05, 0) is 43.2 Å². The van der Waals surface area contributed by atoms with Gasteiger partial charge in [0, 0.05) is 6.20 Å². The van der Waals surface area contributed by atoms with Crippen LogP contribution in [0.25, 0.3) is 17.0 Å². The van der Waals surface area contributed by atoms with Crippen LogP contribution in [0.1, 0.15) is 37.4 Å². The van der Waals surface area contributed by atoms with Crippen LogP contribution in [0.4, 0.5) is 10.2 Å². The number of benzene rings is 1. The monoisotopic (exact) mass is 377 g/mol. The number of hydrogen-bond donors (Lipinski definition) is 1. The van der Waals surface area contributed by atoms with Crippen LogP contribution in [0, 0.1) is 5.82 Å². The van der Waals surface area contributed by atoms with Crippen LogP contribution in [0.3, 0.4) is 0 Å². The number of nitrogens with one attached hydrogen (secondary N) is 1. The summed E-state index contributed by atoms with van der Waals surface area (Å²) in [6, 6.07) is 12.7. The summed E-state index contributed by atoms with van der Waals surface area (Å²) in [7, 11) is 0. The number of hydrogen-bond acceptors (Lipinski definition) is 5. The molecule has 3 heterocycles. The molecule has 0 saturated heterocycles. The maximum atomic E-state index is 14.1. The summed E-state index contributed by atoms with van der Waals surface area (Å²) >= 11 is 0. The van der Waals surface area contributed by atoms with Crippen LogP contribution < -0.4 is 5.32 Å². The van der Waals surface area contributed by atoms with Crippen LogP contribution >= 0.6 is 0 Å². The molecule has 1 aromatic carbocycles. The molecule has 1 aliphatic carbocycles. The maximum Gasteiger partial charge on any atom is 0.188 e. The van der Waals surface area contributed by atoms with Crippen molar-refractivity contribution in [2.45, 2.75) is 38.3 Å². The van der Waals surface area contributed by atoms with Crippen molar-refractivity contribution in [2.24, 2.45) is 0 Å². The number of rotatable bonds is 5. The topological polar surface area (TPSA) is 72.9 Å². The van der Waals surface area contributed by atoms with Crippen molar-refractivity contribution >= 4 is 11.5 Å². The Morgan fingerprint density at radius 3 is 2.71 bits per heavy atom. The first-order chi connectivity index (χ1) is 13.8. The molecule has 1 fully saturated rings. The van der Waals surface area contributed by atoms with E-state index in [0.29, 0.717) is 35.4 Å². The van der Waals surface area contributed by atoms with E-state index in [9.17, 15) is 4.39 Å². The molecule has 0 bridgehead atoms. The SMILES string of the molecule is Fc1ccccc1-c1nnc2ccc(NCc3ccn(C4CCCC4)n3)nn12. The maximum absolute atomic E-state index is 14.1. The lowest BCUT2D eigenvalue weighted by Crippen LogP contribution is -2.08. The highest BCUT2D eigenvalue weighted by Gasteiger charge is 2.17. The van der Waals surface area contributed by atoms with Gasteiger partial charge in [0.1, 0.15) is 11.6 Å². The lowest BCUT2D eigenvalue weighted by Gasteiger charge is -2.09. The van der Waals surface area contributed by atoms with Gasteiger partial charge in [0.25, 0.3) is 0 Å². The van der Waals surface area contributed by atoms with Gasteiger partial charge in [-0.2, -0.15) is 9.61 Å². The summed E-state index contributed by atoms with van der Waals surface area (Å²) in [5.41, 5.74) is 1.90. The Morgan fingerprint density at radius 1 is 1.00 bits per heavy atom. The zero-order valence-electron chi connectivity index (χ0n) is 15.3. The molecule has 28 heavy (non-hydrogen) atoms. The van der Waals surface area contributed by atoms with Crippen LogP contribution in [0.2, 0.25) is 0 Å². The number of nitrogens with zero attached hydrogens (tertiary/aromatic N) is 6. The van der Waals surface area contributed by atoms with E-state index in [-0.39, 0.29) is 5.82 Å². The fourth-order valence-electron chi connectivity index (χ4n) is 3.72. The van der Waals surface area contributed by atoms with Gasteiger partial charge < -0.3 is 5.32 Å². The highest BCUT2D eigenvalue weighted by molar-refractivity contribution is 5.60. The molecule has 1 N–H and O–H groups in total. The van der Waals surface area contributed by atoms with Crippen LogP contribution in [0.15, 0.2) is 48.7 Å². The van der Waals surface area contributed by atoms with E-state index in [4.69, 9.17) is 0 Å². The second-order valence-corrected chi connectivity index (χ2v) is 7.07. The molecule has 7 nitrogen and oxygen atoms in total. The molecule has 0 amide bonds. The van der Waals surface area contributed by atoms with E-state index >= 15 is 0 Å². The van der Waals surface area contributed by atoms with E-state index in [2.05, 4.69) is 36.6 Å². The lowest BCUT2D eigenvalue weighted by molar-refractivity contribution is 0.463. The molecule has 0 aliphatic heterocycles. The summed E-state index contributed by atoms with van der Waals surface area (Å²) in [6.45, 7) is 0.565. The number of aromatic nitrogens is 6. The minimum absolute atomic E-state index is 0.352. The lowest BCUT2D eigenvalue weighted by atomic mass is 10.2. The molecule has 0 unspecified atom stereocenters. The summed E-state index contributed by atoms with van der Waals surface area (Å²) < 4.78 is 17.8. The van der Waals surface area contributed by atoms with Gasteiger partial charge in [0.2, 0.25) is 0 Å². The first kappa shape index (κ1) is 16.9. The van der Waals surface area contributed by atoms with Gasteiger partial charge in [-0.25, -0.2) is 4.39 Å². The van der Waals surface area contributed by atoms with Crippen LogP contribution in [-0.4, -0.2) is 29.6 Å². The number of anilines is 1. The smallest absolute Gasteiger partial charge is 0.188 e. The summed E-state index contributed by atoms with van der Waals surface area (Å²) in [5, 5.41) is 20.7. The van der Waals surface area contributed by atoms with Gasteiger partial charge in [0.05, 0.1) is 23.8 Å². The first-order valence-electron chi connectivity index (χ1n) is 9.53. The highest BCUT2D eigenvalue weighted by atomic mass is 19.1. The van der Waals surface area contributed by atoms with Gasteiger partial charge in [0.15, 0.2) is 11.5 Å². The van der Waals surface area contributed by atoms with Crippen molar-refractivity contribution < 1.29 is 4.39 Å². The second kappa shape index (κ2) is 7.03. The molecular formula is C20H20FN7. The van der Waals surface area contributed by atoms with E-state index in [0.717, 1.165) is 5.69 Å². The molecular weight excluding hydrogens is 357 g/mol. The number of halogens is 1. The normalized spacial score (nSPS) is 14.8. The molecule has 3 aromatic heterocycles. The van der Waals surface area contributed by atoms with Crippen molar-refractivity contribution in [1.82, 2.24) is 29.6 Å². The molecule has 0 atom stereocenters. The third-order valence-electron chi connectivity index (χ3n) is 5.19. The fraction of sp³-hybridized carbons (Fsp3) is 0.300. The van der Waals surface area contributed by atoms with E-state index in [1.807, 2.05) is 18.2 Å². The Morgan fingerprint density at radius 2 is 1.86 bits per heavy atom. The second-order valence-electron chi connectivity index (χ2n) is 7.07. The average molecular weight is 377 g/mol. The van der Waals surface area contributed by atoms with Gasteiger partial charge >= 0.3 is 0 Å². The molecule has 1 aliphatic rings. The third-order valence-corrected chi connectivity index (χ3v) is 5.19. The van der Waals surface area contributed by atoms with Gasteiger partial charge in [-0.1, -0.05) is 25.0 Å².